The molecule has 0 saturated heterocycles. The van der Waals surface area contributed by atoms with Crippen LogP contribution in [-0.2, 0) is 13.1 Å². The van der Waals surface area contributed by atoms with E-state index in [1.807, 2.05) is 76.3 Å². The quantitative estimate of drug-likeness (QED) is 0.573. The Labute approximate surface area is 157 Å². The van der Waals surface area contributed by atoms with Crippen molar-refractivity contribution >= 4 is 5.91 Å². The third-order valence-corrected chi connectivity index (χ3v) is 4.43. The van der Waals surface area contributed by atoms with Gasteiger partial charge in [0.15, 0.2) is 0 Å². The molecule has 134 valence electrons. The van der Waals surface area contributed by atoms with Crippen molar-refractivity contribution < 1.29 is 4.79 Å². The largest absolute Gasteiger partial charge is 0.348 e. The highest BCUT2D eigenvalue weighted by Gasteiger charge is 2.06. The lowest BCUT2D eigenvalue weighted by Gasteiger charge is -2.08. The van der Waals surface area contributed by atoms with Gasteiger partial charge in [-0.3, -0.25) is 4.79 Å². The Bertz CT molecular complexity index is 986. The van der Waals surface area contributed by atoms with Crippen molar-refractivity contribution in [2.45, 2.75) is 13.1 Å². The second kappa shape index (κ2) is 7.74. The number of nitrogens with one attached hydrogen (secondary N) is 1. The lowest BCUT2D eigenvalue weighted by atomic mass is 10.1. The second-order valence-electron chi connectivity index (χ2n) is 6.37. The van der Waals surface area contributed by atoms with Crippen LogP contribution in [0.5, 0.6) is 0 Å². The van der Waals surface area contributed by atoms with Gasteiger partial charge in [0, 0.05) is 49.1 Å². The number of hydrogen-bond donors (Lipinski definition) is 1. The lowest BCUT2D eigenvalue weighted by molar-refractivity contribution is 0.0951. The van der Waals surface area contributed by atoms with Crippen LogP contribution in [-0.4, -0.2) is 20.0 Å². The van der Waals surface area contributed by atoms with Gasteiger partial charge in [-0.2, -0.15) is 0 Å². The van der Waals surface area contributed by atoms with E-state index in [2.05, 4.69) is 22.4 Å². The van der Waals surface area contributed by atoms with E-state index in [1.54, 1.807) is 12.5 Å². The summed E-state index contributed by atoms with van der Waals surface area (Å²) >= 11 is 0. The molecule has 1 amide bonds. The van der Waals surface area contributed by atoms with E-state index in [-0.39, 0.29) is 5.91 Å². The van der Waals surface area contributed by atoms with Crippen molar-refractivity contribution in [1.29, 1.82) is 0 Å². The van der Waals surface area contributed by atoms with Gasteiger partial charge in [0.05, 0.1) is 6.33 Å². The molecule has 5 nitrogen and oxygen atoms in total. The SMILES string of the molecule is O=C(NCc1ccc(Cn2ccnc2)cc1)c1ccc(-n2cccc2)cc1. The zero-order valence-corrected chi connectivity index (χ0v) is 14.8. The minimum atomic E-state index is -0.0726. The van der Waals surface area contributed by atoms with Crippen molar-refractivity contribution in [2.75, 3.05) is 0 Å². The van der Waals surface area contributed by atoms with Crippen molar-refractivity contribution in [3.05, 3.63) is 108 Å². The van der Waals surface area contributed by atoms with Crippen molar-refractivity contribution in [3.63, 3.8) is 0 Å². The Morgan fingerprint density at radius 1 is 0.889 bits per heavy atom. The summed E-state index contributed by atoms with van der Waals surface area (Å²) in [6.07, 6.45) is 9.47. The van der Waals surface area contributed by atoms with Gasteiger partial charge in [0.25, 0.3) is 5.91 Å². The number of hydrogen-bond acceptors (Lipinski definition) is 2. The molecule has 27 heavy (non-hydrogen) atoms. The summed E-state index contributed by atoms with van der Waals surface area (Å²) < 4.78 is 4.03. The molecule has 2 aromatic heterocycles. The van der Waals surface area contributed by atoms with Crippen LogP contribution in [0, 0.1) is 0 Å². The fourth-order valence-corrected chi connectivity index (χ4v) is 2.93. The average molecular weight is 356 g/mol. The summed E-state index contributed by atoms with van der Waals surface area (Å²) in [5, 5.41) is 2.97. The normalized spacial score (nSPS) is 10.7. The molecule has 4 aromatic rings. The molecule has 0 aliphatic rings. The molecule has 0 aliphatic heterocycles. The average Bonchev–Trinajstić information content (AvgIpc) is 3.42. The van der Waals surface area contributed by atoms with E-state index >= 15 is 0 Å². The van der Waals surface area contributed by atoms with Gasteiger partial charge in [-0.1, -0.05) is 24.3 Å². The third-order valence-electron chi connectivity index (χ3n) is 4.43. The number of imidazole rings is 1. The monoisotopic (exact) mass is 356 g/mol. The number of benzene rings is 2. The Balaban J connectivity index is 1.33. The molecule has 0 bridgehead atoms. The maximum atomic E-state index is 12.4. The first-order chi connectivity index (χ1) is 13.3. The van der Waals surface area contributed by atoms with Crippen LogP contribution in [0.25, 0.3) is 5.69 Å². The predicted octanol–water partition coefficient (Wildman–Crippen LogP) is 3.65. The highest BCUT2D eigenvalue weighted by Crippen LogP contribution is 2.11. The van der Waals surface area contributed by atoms with Gasteiger partial charge in [0.2, 0.25) is 0 Å². The predicted molar refractivity (Wildman–Crippen MR) is 105 cm³/mol. The van der Waals surface area contributed by atoms with Crippen molar-refractivity contribution in [3.8, 4) is 5.69 Å². The Kier molecular flexibility index (Phi) is 4.83. The van der Waals surface area contributed by atoms with Crippen LogP contribution in [0.2, 0.25) is 0 Å². The fraction of sp³-hybridized carbons (Fsp3) is 0.0909. The number of nitrogens with zero attached hydrogens (tertiary/aromatic N) is 3. The molecule has 2 heterocycles. The van der Waals surface area contributed by atoms with Gasteiger partial charge in [0.1, 0.15) is 0 Å². The molecule has 2 aromatic carbocycles. The van der Waals surface area contributed by atoms with Gasteiger partial charge < -0.3 is 14.5 Å². The third kappa shape index (κ3) is 4.15. The molecule has 0 aliphatic carbocycles. The molecule has 1 N–H and O–H groups in total. The van der Waals surface area contributed by atoms with Crippen LogP contribution >= 0.6 is 0 Å². The summed E-state index contributed by atoms with van der Waals surface area (Å²) in [5.41, 5.74) is 3.96. The van der Waals surface area contributed by atoms with E-state index in [0.717, 1.165) is 17.8 Å². The Morgan fingerprint density at radius 2 is 1.59 bits per heavy atom. The molecule has 0 unspecified atom stereocenters. The van der Waals surface area contributed by atoms with E-state index < -0.39 is 0 Å². The minimum absolute atomic E-state index is 0.0726. The van der Waals surface area contributed by atoms with Crippen LogP contribution in [0.15, 0.2) is 91.8 Å². The fourth-order valence-electron chi connectivity index (χ4n) is 2.93. The standard InChI is InChI=1S/C22H20N4O/c27-22(20-7-9-21(10-8-20)26-12-1-2-13-26)24-15-18-3-5-19(6-4-18)16-25-14-11-23-17-25/h1-14,17H,15-16H2,(H,24,27). The van der Waals surface area contributed by atoms with Gasteiger partial charge >= 0.3 is 0 Å². The summed E-state index contributed by atoms with van der Waals surface area (Å²) in [5.74, 6) is -0.0726. The van der Waals surface area contributed by atoms with E-state index in [9.17, 15) is 4.79 Å². The molecule has 0 fully saturated rings. The highest BCUT2D eigenvalue weighted by molar-refractivity contribution is 5.94. The topological polar surface area (TPSA) is 51.9 Å². The van der Waals surface area contributed by atoms with E-state index in [0.29, 0.717) is 12.1 Å². The Hall–Kier alpha value is -3.60. The highest BCUT2D eigenvalue weighted by atomic mass is 16.1. The van der Waals surface area contributed by atoms with Crippen LogP contribution in [0.1, 0.15) is 21.5 Å². The number of aromatic nitrogens is 3. The Morgan fingerprint density at radius 3 is 2.26 bits per heavy atom. The first kappa shape index (κ1) is 16.8. The smallest absolute Gasteiger partial charge is 0.251 e. The molecule has 0 atom stereocenters. The van der Waals surface area contributed by atoms with E-state index in [1.165, 1.54) is 5.56 Å². The zero-order valence-electron chi connectivity index (χ0n) is 14.8. The molecule has 0 radical (unpaired) electrons. The minimum Gasteiger partial charge on any atom is -0.348 e. The molecule has 0 spiro atoms. The van der Waals surface area contributed by atoms with Crippen LogP contribution in [0.3, 0.4) is 0 Å². The van der Waals surface area contributed by atoms with Gasteiger partial charge in [-0.25, -0.2) is 4.98 Å². The molecular formula is C22H20N4O. The van der Waals surface area contributed by atoms with Crippen molar-refractivity contribution in [1.82, 2.24) is 19.4 Å². The first-order valence-corrected chi connectivity index (χ1v) is 8.83. The molecular weight excluding hydrogens is 336 g/mol. The second-order valence-corrected chi connectivity index (χ2v) is 6.37. The summed E-state index contributed by atoms with van der Waals surface area (Å²) in [7, 11) is 0. The van der Waals surface area contributed by atoms with Gasteiger partial charge in [-0.05, 0) is 47.5 Å². The molecule has 5 heteroatoms. The first-order valence-electron chi connectivity index (χ1n) is 8.83. The summed E-state index contributed by atoms with van der Waals surface area (Å²) in [4.78, 5) is 16.4. The number of rotatable bonds is 6. The summed E-state index contributed by atoms with van der Waals surface area (Å²) in [6.45, 7) is 1.30. The maximum absolute atomic E-state index is 12.4. The number of carbonyl (C=O) groups is 1. The van der Waals surface area contributed by atoms with Crippen LogP contribution < -0.4 is 5.32 Å². The number of amides is 1. The molecule has 4 rings (SSSR count). The maximum Gasteiger partial charge on any atom is 0.251 e. The molecule has 0 saturated carbocycles. The zero-order chi connectivity index (χ0) is 18.5. The van der Waals surface area contributed by atoms with Gasteiger partial charge in [-0.15, -0.1) is 0 Å². The number of carbonyl (C=O) groups excluding carboxylic acids is 1. The van der Waals surface area contributed by atoms with E-state index in [4.69, 9.17) is 0 Å². The summed E-state index contributed by atoms with van der Waals surface area (Å²) in [6, 6.07) is 19.8. The van der Waals surface area contributed by atoms with Crippen LogP contribution in [0.4, 0.5) is 0 Å². The van der Waals surface area contributed by atoms with Crippen molar-refractivity contribution in [2.24, 2.45) is 0 Å². The lowest BCUT2D eigenvalue weighted by Crippen LogP contribution is -2.22.